The van der Waals surface area contributed by atoms with Crippen molar-refractivity contribution in [2.24, 2.45) is 4.99 Å². The van der Waals surface area contributed by atoms with Crippen LogP contribution in [-0.2, 0) is 9.59 Å². The molecule has 3 aromatic rings. The quantitative estimate of drug-likeness (QED) is 0.417. The van der Waals surface area contributed by atoms with E-state index in [0.717, 1.165) is 28.1 Å². The van der Waals surface area contributed by atoms with Gasteiger partial charge in [0.25, 0.3) is 5.91 Å². The molecule has 0 atom stereocenters. The number of nitrogens with zero attached hydrogens (tertiary/aromatic N) is 2. The number of thioether (sulfide) groups is 1. The smallest absolute Gasteiger partial charge is 0.271 e. The van der Waals surface area contributed by atoms with Gasteiger partial charge >= 0.3 is 0 Å². The summed E-state index contributed by atoms with van der Waals surface area (Å²) in [6.07, 6.45) is 1.76. The molecule has 37 heavy (non-hydrogen) atoms. The van der Waals surface area contributed by atoms with Gasteiger partial charge in [0.1, 0.15) is 6.61 Å². The van der Waals surface area contributed by atoms with Crippen LogP contribution in [0.1, 0.15) is 27.8 Å². The third-order valence-electron chi connectivity index (χ3n) is 6.10. The number of hydrogen-bond donors (Lipinski definition) is 0. The Balaban J connectivity index is 1.74. The predicted molar refractivity (Wildman–Crippen MR) is 145 cm³/mol. The zero-order valence-corrected chi connectivity index (χ0v) is 22.1. The molecule has 0 spiro atoms. The van der Waals surface area contributed by atoms with E-state index in [2.05, 4.69) is 0 Å². The van der Waals surface area contributed by atoms with E-state index in [0.29, 0.717) is 21.4 Å². The van der Waals surface area contributed by atoms with Crippen LogP contribution in [0.2, 0.25) is 0 Å². The molecular weight excluding hydrogens is 488 g/mol. The molecule has 0 aliphatic carbocycles. The van der Waals surface area contributed by atoms with Gasteiger partial charge in [-0.15, -0.1) is 0 Å². The van der Waals surface area contributed by atoms with Gasteiger partial charge in [0.05, 0.1) is 29.4 Å². The summed E-state index contributed by atoms with van der Waals surface area (Å²) < 4.78 is 10.6. The van der Waals surface area contributed by atoms with E-state index in [1.807, 2.05) is 64.1 Å². The van der Waals surface area contributed by atoms with Crippen LogP contribution in [0.25, 0.3) is 6.08 Å². The number of aliphatic imine (C=N–C) groups is 1. The van der Waals surface area contributed by atoms with Crippen LogP contribution in [0.15, 0.2) is 64.5 Å². The molecule has 0 radical (unpaired) electrons. The molecule has 1 aliphatic heterocycles. The Morgan fingerprint density at radius 2 is 1.65 bits per heavy atom. The highest BCUT2D eigenvalue weighted by molar-refractivity contribution is 8.19. The number of methoxy groups -OCH3 is 1. The molecule has 1 fully saturated rings. The first-order valence-electron chi connectivity index (χ1n) is 11.6. The number of hydrogen-bond acceptors (Lipinski definition) is 7. The zero-order chi connectivity index (χ0) is 26.7. The first-order valence-corrected chi connectivity index (χ1v) is 12.5. The van der Waals surface area contributed by atoms with Crippen LogP contribution >= 0.6 is 11.8 Å². The molecule has 8 heteroatoms. The van der Waals surface area contributed by atoms with Crippen molar-refractivity contribution in [1.29, 1.82) is 0 Å². The molecule has 0 aromatic heterocycles. The van der Waals surface area contributed by atoms with Crippen LogP contribution in [-0.4, -0.2) is 30.8 Å². The molecule has 7 nitrogen and oxygen atoms in total. The standard InChI is InChI=1S/C29H28N2O5S/c1-17-6-9-22(12-19(17)3)30-29-31(23-10-7-18(2)20(4)13-23)28(34)26(37-29)15-21-8-11-24(25(14-21)35-5)36-16-27(32)33/h6-15H,16H2,1-5H3,(H,32,33)/p-1/b26-15-,30-29?. The summed E-state index contributed by atoms with van der Waals surface area (Å²) in [7, 11) is 1.46. The number of carboxylic acids is 1. The zero-order valence-electron chi connectivity index (χ0n) is 21.3. The number of anilines is 1. The average molecular weight is 516 g/mol. The molecule has 1 heterocycles. The van der Waals surface area contributed by atoms with Gasteiger partial charge in [-0.2, -0.15) is 0 Å². The number of carbonyl (C=O) groups excluding carboxylic acids is 2. The Kier molecular flexibility index (Phi) is 7.69. The summed E-state index contributed by atoms with van der Waals surface area (Å²) >= 11 is 1.29. The molecule has 190 valence electrons. The average Bonchev–Trinajstić information content (AvgIpc) is 3.16. The lowest BCUT2D eigenvalue weighted by atomic mass is 10.1. The highest BCUT2D eigenvalue weighted by atomic mass is 32.2. The Hall–Kier alpha value is -4.04. The largest absolute Gasteiger partial charge is 0.546 e. The SMILES string of the molecule is COc1cc(/C=C2\SC(=Nc3ccc(C)c(C)c3)N(c3ccc(C)c(C)c3)C2=O)ccc1OCC(=O)[O-]. The van der Waals surface area contributed by atoms with Crippen LogP contribution in [0, 0.1) is 27.7 Å². The molecule has 0 saturated carbocycles. The van der Waals surface area contributed by atoms with Crippen molar-refractivity contribution < 1.29 is 24.2 Å². The number of carbonyl (C=O) groups is 2. The minimum absolute atomic E-state index is 0.188. The van der Waals surface area contributed by atoms with Gasteiger partial charge in [-0.25, -0.2) is 4.99 Å². The Bertz CT molecular complexity index is 1440. The monoisotopic (exact) mass is 515 g/mol. The summed E-state index contributed by atoms with van der Waals surface area (Å²) in [6.45, 7) is 7.54. The fraction of sp³-hybridized carbons (Fsp3) is 0.207. The molecule has 1 amide bonds. The topological polar surface area (TPSA) is 91.3 Å². The maximum Gasteiger partial charge on any atom is 0.271 e. The first-order chi connectivity index (χ1) is 17.7. The normalized spacial score (nSPS) is 15.5. The van der Waals surface area contributed by atoms with Crippen molar-refractivity contribution >= 4 is 46.3 Å². The van der Waals surface area contributed by atoms with Crippen LogP contribution < -0.4 is 19.5 Å². The molecular formula is C29H27N2O5S-. The van der Waals surface area contributed by atoms with Gasteiger partial charge in [-0.05, 0) is 110 Å². The minimum atomic E-state index is -1.33. The van der Waals surface area contributed by atoms with Crippen molar-refractivity contribution in [3.8, 4) is 11.5 Å². The second-order valence-electron chi connectivity index (χ2n) is 8.75. The van der Waals surface area contributed by atoms with Crippen LogP contribution in [0.4, 0.5) is 11.4 Å². The minimum Gasteiger partial charge on any atom is -0.546 e. The molecule has 0 unspecified atom stereocenters. The van der Waals surface area contributed by atoms with Gasteiger partial charge in [-0.1, -0.05) is 18.2 Å². The Labute approximate surface area is 220 Å². The molecule has 4 rings (SSSR count). The van der Waals surface area contributed by atoms with Gasteiger partial charge < -0.3 is 19.4 Å². The fourth-order valence-electron chi connectivity index (χ4n) is 3.73. The molecule has 0 N–H and O–H groups in total. The molecule has 3 aromatic carbocycles. The van der Waals surface area contributed by atoms with Gasteiger partial charge in [0.2, 0.25) is 0 Å². The summed E-state index contributed by atoms with van der Waals surface area (Å²) in [5.41, 5.74) is 6.72. The molecule has 1 saturated heterocycles. The maximum atomic E-state index is 13.7. The summed E-state index contributed by atoms with van der Waals surface area (Å²) in [6, 6.07) is 16.9. The van der Waals surface area contributed by atoms with Crippen molar-refractivity contribution in [1.82, 2.24) is 0 Å². The molecule has 0 bridgehead atoms. The third kappa shape index (κ3) is 5.86. The number of carboxylic acid groups (broad SMARTS) is 1. The van der Waals surface area contributed by atoms with E-state index in [4.69, 9.17) is 14.5 Å². The number of aryl methyl sites for hydroxylation is 4. The van der Waals surface area contributed by atoms with E-state index in [-0.39, 0.29) is 11.7 Å². The highest BCUT2D eigenvalue weighted by Gasteiger charge is 2.35. The highest BCUT2D eigenvalue weighted by Crippen LogP contribution is 2.39. The van der Waals surface area contributed by atoms with Gasteiger partial charge in [0, 0.05) is 0 Å². The second-order valence-corrected chi connectivity index (χ2v) is 9.76. The third-order valence-corrected chi connectivity index (χ3v) is 7.07. The summed E-state index contributed by atoms with van der Waals surface area (Å²) in [5, 5.41) is 11.3. The summed E-state index contributed by atoms with van der Waals surface area (Å²) in [4.78, 5) is 31.4. The first kappa shape index (κ1) is 26.0. The number of ether oxygens (including phenoxy) is 2. The van der Waals surface area contributed by atoms with Crippen molar-refractivity contribution in [3.63, 3.8) is 0 Å². The maximum absolute atomic E-state index is 13.7. The van der Waals surface area contributed by atoms with E-state index in [9.17, 15) is 14.7 Å². The van der Waals surface area contributed by atoms with E-state index in [1.165, 1.54) is 24.4 Å². The second kappa shape index (κ2) is 10.9. The van der Waals surface area contributed by atoms with Crippen LogP contribution in [0.3, 0.4) is 0 Å². The predicted octanol–water partition coefficient (Wildman–Crippen LogP) is 4.87. The van der Waals surface area contributed by atoms with Crippen molar-refractivity contribution in [2.75, 3.05) is 18.6 Å². The van der Waals surface area contributed by atoms with Gasteiger partial charge in [-0.3, -0.25) is 9.69 Å². The lowest BCUT2D eigenvalue weighted by Crippen LogP contribution is -2.29. The Morgan fingerprint density at radius 3 is 2.30 bits per heavy atom. The van der Waals surface area contributed by atoms with Gasteiger partial charge in [0.15, 0.2) is 16.7 Å². The summed E-state index contributed by atoms with van der Waals surface area (Å²) in [5.74, 6) is -0.899. The van der Waals surface area contributed by atoms with E-state index >= 15 is 0 Å². The van der Waals surface area contributed by atoms with E-state index in [1.54, 1.807) is 29.2 Å². The van der Waals surface area contributed by atoms with Crippen molar-refractivity contribution in [2.45, 2.75) is 27.7 Å². The Morgan fingerprint density at radius 1 is 0.946 bits per heavy atom. The number of amides is 1. The van der Waals surface area contributed by atoms with Crippen LogP contribution in [0.5, 0.6) is 11.5 Å². The number of benzene rings is 3. The lowest BCUT2D eigenvalue weighted by Gasteiger charge is -2.17. The lowest BCUT2D eigenvalue weighted by molar-refractivity contribution is -0.307. The van der Waals surface area contributed by atoms with E-state index < -0.39 is 12.6 Å². The number of aliphatic carboxylic acids is 1. The fourth-order valence-corrected chi connectivity index (χ4v) is 4.73. The molecule has 1 aliphatic rings. The number of amidine groups is 1. The number of rotatable bonds is 7. The van der Waals surface area contributed by atoms with Crippen molar-refractivity contribution in [3.05, 3.63) is 87.3 Å².